The fourth-order valence-corrected chi connectivity index (χ4v) is 3.35. The topological polar surface area (TPSA) is 15.3 Å². The van der Waals surface area contributed by atoms with E-state index in [1.165, 1.54) is 34.7 Å². The zero-order valence-electron chi connectivity index (χ0n) is 12.3. The molecule has 0 aliphatic heterocycles. The van der Waals surface area contributed by atoms with Gasteiger partial charge in [0.15, 0.2) is 0 Å². The highest BCUT2D eigenvalue weighted by atomic mass is 32.1. The maximum Gasteiger partial charge on any atom is 0.123 e. The molecule has 0 bridgehead atoms. The second-order valence-corrected chi connectivity index (χ2v) is 6.77. The van der Waals surface area contributed by atoms with Crippen LogP contribution in [0.25, 0.3) is 0 Å². The average Bonchev–Trinajstić information content (AvgIpc) is 3.23. The summed E-state index contributed by atoms with van der Waals surface area (Å²) < 4.78 is 13.0. The van der Waals surface area contributed by atoms with Gasteiger partial charge in [-0.1, -0.05) is 0 Å². The Morgan fingerprint density at radius 1 is 1.14 bits per heavy atom. The van der Waals surface area contributed by atoms with Crippen LogP contribution in [-0.2, 0) is 13.1 Å². The van der Waals surface area contributed by atoms with Crippen LogP contribution >= 0.6 is 11.3 Å². The highest BCUT2D eigenvalue weighted by molar-refractivity contribution is 7.12. The van der Waals surface area contributed by atoms with E-state index in [2.05, 4.69) is 29.3 Å². The number of thiophene rings is 1. The van der Waals surface area contributed by atoms with Crippen molar-refractivity contribution in [2.75, 3.05) is 11.4 Å². The summed E-state index contributed by atoms with van der Waals surface area (Å²) in [5.74, 6) is -0.181. The van der Waals surface area contributed by atoms with Gasteiger partial charge in [0.05, 0.1) is 6.54 Å². The van der Waals surface area contributed by atoms with Gasteiger partial charge in [-0.3, -0.25) is 0 Å². The Morgan fingerprint density at radius 2 is 1.86 bits per heavy atom. The van der Waals surface area contributed by atoms with Gasteiger partial charge >= 0.3 is 0 Å². The summed E-state index contributed by atoms with van der Waals surface area (Å²) in [4.78, 5) is 5.02. The minimum atomic E-state index is -0.181. The number of nitrogens with one attached hydrogen (secondary N) is 1. The molecular weight excluding hydrogens is 283 g/mol. The molecule has 1 aromatic heterocycles. The first-order chi connectivity index (χ1) is 10.2. The summed E-state index contributed by atoms with van der Waals surface area (Å²) in [6, 6.07) is 11.9. The van der Waals surface area contributed by atoms with Crippen LogP contribution in [0.15, 0.2) is 36.4 Å². The van der Waals surface area contributed by atoms with Crippen LogP contribution in [0.1, 0.15) is 29.5 Å². The number of hydrogen-bond donors (Lipinski definition) is 1. The minimum Gasteiger partial charge on any atom is -0.367 e. The number of halogens is 1. The monoisotopic (exact) mass is 304 g/mol. The lowest BCUT2D eigenvalue weighted by Gasteiger charge is -2.22. The first kappa shape index (κ1) is 14.5. The van der Waals surface area contributed by atoms with E-state index in [4.69, 9.17) is 0 Å². The molecule has 1 aliphatic carbocycles. The second kappa shape index (κ2) is 6.58. The smallest absolute Gasteiger partial charge is 0.123 e. The predicted octanol–water partition coefficient (Wildman–Crippen LogP) is 4.17. The Bertz CT molecular complexity index is 575. The van der Waals surface area contributed by atoms with Crippen LogP contribution in [0, 0.1) is 5.82 Å². The molecule has 0 atom stereocenters. The molecule has 2 nitrogen and oxygen atoms in total. The van der Waals surface area contributed by atoms with Gasteiger partial charge in [0.1, 0.15) is 5.82 Å². The molecule has 0 radical (unpaired) electrons. The zero-order valence-corrected chi connectivity index (χ0v) is 13.1. The molecule has 0 unspecified atom stereocenters. The third kappa shape index (κ3) is 4.05. The SMILES string of the molecule is CCN(Cc1ccc(CNC2CC2)s1)c1ccc(F)cc1. The number of benzene rings is 1. The molecule has 1 N–H and O–H groups in total. The van der Waals surface area contributed by atoms with Crippen molar-refractivity contribution in [2.24, 2.45) is 0 Å². The molecule has 3 rings (SSSR count). The maximum atomic E-state index is 13.0. The molecule has 0 amide bonds. The summed E-state index contributed by atoms with van der Waals surface area (Å²) in [6.07, 6.45) is 2.65. The number of nitrogens with zero attached hydrogens (tertiary/aromatic N) is 1. The molecule has 21 heavy (non-hydrogen) atoms. The van der Waals surface area contributed by atoms with Crippen molar-refractivity contribution >= 4 is 17.0 Å². The first-order valence-electron chi connectivity index (χ1n) is 7.56. The van der Waals surface area contributed by atoms with Crippen LogP contribution in [0.2, 0.25) is 0 Å². The highest BCUT2D eigenvalue weighted by Gasteiger charge is 2.20. The van der Waals surface area contributed by atoms with Gasteiger partial charge in [-0.15, -0.1) is 11.3 Å². The normalized spacial score (nSPS) is 14.4. The summed E-state index contributed by atoms with van der Waals surface area (Å²) in [6.45, 7) is 4.92. The van der Waals surface area contributed by atoms with Crippen molar-refractivity contribution in [1.29, 1.82) is 0 Å². The van der Waals surface area contributed by atoms with Crippen LogP contribution in [0.3, 0.4) is 0 Å². The molecule has 112 valence electrons. The number of anilines is 1. The summed E-state index contributed by atoms with van der Waals surface area (Å²) in [7, 11) is 0. The van der Waals surface area contributed by atoms with Crippen molar-refractivity contribution in [3.63, 3.8) is 0 Å². The molecule has 2 aromatic rings. The Hall–Kier alpha value is -1.39. The molecule has 4 heteroatoms. The van der Waals surface area contributed by atoms with Gasteiger partial charge in [-0.2, -0.15) is 0 Å². The van der Waals surface area contributed by atoms with E-state index in [1.807, 2.05) is 23.5 Å². The van der Waals surface area contributed by atoms with Crippen LogP contribution in [0.5, 0.6) is 0 Å². The van der Waals surface area contributed by atoms with Gasteiger partial charge in [-0.25, -0.2) is 4.39 Å². The Balaban J connectivity index is 1.61. The molecule has 1 aliphatic rings. The van der Waals surface area contributed by atoms with E-state index >= 15 is 0 Å². The van der Waals surface area contributed by atoms with Gasteiger partial charge in [0.25, 0.3) is 0 Å². The third-order valence-corrected chi connectivity index (χ3v) is 4.85. The number of hydrogen-bond acceptors (Lipinski definition) is 3. The van der Waals surface area contributed by atoms with Gasteiger partial charge in [-0.05, 0) is 56.2 Å². The zero-order chi connectivity index (χ0) is 14.7. The fraction of sp³-hybridized carbons (Fsp3) is 0.412. The fourth-order valence-electron chi connectivity index (χ4n) is 2.36. The summed E-state index contributed by atoms with van der Waals surface area (Å²) in [5.41, 5.74) is 1.07. The molecule has 1 heterocycles. The lowest BCUT2D eigenvalue weighted by atomic mass is 10.2. The minimum absolute atomic E-state index is 0.181. The molecule has 0 spiro atoms. The molecule has 1 fully saturated rings. The molecule has 1 aromatic carbocycles. The number of rotatable bonds is 7. The van der Waals surface area contributed by atoms with Gasteiger partial charge in [0, 0.05) is 34.6 Å². The standard InChI is InChI=1S/C17H21FN2S/c1-2-20(15-7-3-13(18)4-8-15)12-17-10-9-16(21-17)11-19-14-5-6-14/h3-4,7-10,14,19H,2,5-6,11-12H2,1H3. The van der Waals surface area contributed by atoms with Crippen LogP contribution in [-0.4, -0.2) is 12.6 Å². The summed E-state index contributed by atoms with van der Waals surface area (Å²) in [5, 5.41) is 3.55. The van der Waals surface area contributed by atoms with Crippen molar-refractivity contribution in [1.82, 2.24) is 5.32 Å². The second-order valence-electron chi connectivity index (χ2n) is 5.51. The first-order valence-corrected chi connectivity index (χ1v) is 8.37. The van der Waals surface area contributed by atoms with Gasteiger partial charge in [0.2, 0.25) is 0 Å². The lowest BCUT2D eigenvalue weighted by Crippen LogP contribution is -2.21. The highest BCUT2D eigenvalue weighted by Crippen LogP contribution is 2.24. The lowest BCUT2D eigenvalue weighted by molar-refractivity contribution is 0.627. The van der Waals surface area contributed by atoms with E-state index < -0.39 is 0 Å². The van der Waals surface area contributed by atoms with Crippen molar-refractivity contribution in [3.05, 3.63) is 52.0 Å². The largest absolute Gasteiger partial charge is 0.367 e. The Labute approximate surface area is 129 Å². The third-order valence-electron chi connectivity index (χ3n) is 3.78. The van der Waals surface area contributed by atoms with E-state index in [9.17, 15) is 4.39 Å². The van der Waals surface area contributed by atoms with Crippen molar-refractivity contribution in [2.45, 2.75) is 38.9 Å². The Kier molecular flexibility index (Phi) is 4.56. The maximum absolute atomic E-state index is 13.0. The van der Waals surface area contributed by atoms with E-state index in [-0.39, 0.29) is 5.82 Å². The van der Waals surface area contributed by atoms with E-state index in [0.717, 1.165) is 31.4 Å². The van der Waals surface area contributed by atoms with Crippen molar-refractivity contribution < 1.29 is 4.39 Å². The van der Waals surface area contributed by atoms with Crippen LogP contribution < -0.4 is 10.2 Å². The summed E-state index contributed by atoms with van der Waals surface area (Å²) >= 11 is 1.87. The molecule has 1 saturated carbocycles. The predicted molar refractivity (Wildman–Crippen MR) is 87.3 cm³/mol. The molecule has 0 saturated heterocycles. The van der Waals surface area contributed by atoms with Crippen LogP contribution in [0.4, 0.5) is 10.1 Å². The van der Waals surface area contributed by atoms with Crippen molar-refractivity contribution in [3.8, 4) is 0 Å². The van der Waals surface area contributed by atoms with E-state index in [1.54, 1.807) is 0 Å². The van der Waals surface area contributed by atoms with E-state index in [0.29, 0.717) is 0 Å². The quantitative estimate of drug-likeness (QED) is 0.826. The molecular formula is C17H21FN2S. The Morgan fingerprint density at radius 3 is 2.52 bits per heavy atom. The van der Waals surface area contributed by atoms with Gasteiger partial charge < -0.3 is 10.2 Å². The average molecular weight is 304 g/mol.